The number of hydrogen-bond acceptors (Lipinski definition) is 4. The summed E-state index contributed by atoms with van der Waals surface area (Å²) in [4.78, 5) is 30.4. The number of pyridine rings is 1. The van der Waals surface area contributed by atoms with Crippen molar-refractivity contribution in [3.63, 3.8) is 0 Å². The van der Waals surface area contributed by atoms with Crippen LogP contribution in [-0.4, -0.2) is 46.7 Å². The van der Waals surface area contributed by atoms with E-state index in [2.05, 4.69) is 15.6 Å². The fraction of sp³-hybridized carbons (Fsp3) is 0.250. The number of benzene rings is 1. The molecule has 2 amide bonds. The highest BCUT2D eigenvalue weighted by Crippen LogP contribution is 2.12. The first-order valence-electron chi connectivity index (χ1n) is 8.69. The molecule has 0 atom stereocenters. The maximum absolute atomic E-state index is 12.4. The molecule has 0 aliphatic heterocycles. The van der Waals surface area contributed by atoms with Crippen molar-refractivity contribution in [1.82, 2.24) is 19.6 Å². The summed E-state index contributed by atoms with van der Waals surface area (Å²) in [5.74, 6) is -0.318. The Hall–Kier alpha value is -3.19. The molecule has 0 fully saturated rings. The van der Waals surface area contributed by atoms with E-state index in [4.69, 9.17) is 0 Å². The van der Waals surface area contributed by atoms with Crippen molar-refractivity contribution in [3.8, 4) is 0 Å². The second kappa shape index (κ2) is 8.01. The molecule has 0 radical (unpaired) electrons. The van der Waals surface area contributed by atoms with Gasteiger partial charge in [-0.1, -0.05) is 18.2 Å². The minimum absolute atomic E-state index is 0.0822. The average Bonchev–Trinajstić information content (AvgIpc) is 3.05. The number of aryl methyl sites for hydroxylation is 1. The molecule has 0 saturated carbocycles. The monoisotopic (exact) mass is 365 g/mol. The molecule has 0 spiro atoms. The molecule has 0 aliphatic rings. The second-order valence-corrected chi connectivity index (χ2v) is 6.69. The summed E-state index contributed by atoms with van der Waals surface area (Å²) in [7, 11) is 3.68. The summed E-state index contributed by atoms with van der Waals surface area (Å²) in [5.41, 5.74) is 3.73. The number of imidazole rings is 1. The van der Waals surface area contributed by atoms with Crippen LogP contribution in [-0.2, 0) is 11.3 Å². The number of carbonyl (C=O) groups is 2. The summed E-state index contributed by atoms with van der Waals surface area (Å²) in [5, 5.41) is 5.72. The number of carbonyl (C=O) groups excluding carboxylic acids is 2. The summed E-state index contributed by atoms with van der Waals surface area (Å²) < 4.78 is 1.88. The Bertz CT molecular complexity index is 977. The van der Waals surface area contributed by atoms with Gasteiger partial charge in [0.1, 0.15) is 11.3 Å². The highest BCUT2D eigenvalue weighted by Gasteiger charge is 2.11. The zero-order valence-electron chi connectivity index (χ0n) is 15.7. The molecule has 0 bridgehead atoms. The van der Waals surface area contributed by atoms with Crippen molar-refractivity contribution in [3.05, 3.63) is 65.6 Å². The van der Waals surface area contributed by atoms with Crippen molar-refractivity contribution < 1.29 is 9.59 Å². The Morgan fingerprint density at radius 2 is 1.93 bits per heavy atom. The topological polar surface area (TPSA) is 78.7 Å². The Balaban J connectivity index is 1.63. The van der Waals surface area contributed by atoms with Crippen molar-refractivity contribution in [1.29, 1.82) is 0 Å². The SMILES string of the molecule is Cc1cccc2nc(C(=O)NCc3cccc(NC(=O)CN(C)C)c3)cn12. The van der Waals surface area contributed by atoms with E-state index in [9.17, 15) is 9.59 Å². The molecule has 7 nitrogen and oxygen atoms in total. The van der Waals surface area contributed by atoms with Crippen molar-refractivity contribution in [2.45, 2.75) is 13.5 Å². The molecule has 0 aliphatic carbocycles. The molecule has 2 heterocycles. The summed E-state index contributed by atoms with van der Waals surface area (Å²) in [6.07, 6.45) is 1.73. The maximum atomic E-state index is 12.4. The molecule has 3 aromatic rings. The number of aromatic nitrogens is 2. The maximum Gasteiger partial charge on any atom is 0.271 e. The quantitative estimate of drug-likeness (QED) is 0.701. The van der Waals surface area contributed by atoms with E-state index in [1.54, 1.807) is 11.1 Å². The molecule has 0 unspecified atom stereocenters. The molecule has 0 saturated heterocycles. The minimum atomic E-state index is -0.236. The minimum Gasteiger partial charge on any atom is -0.347 e. The van der Waals surface area contributed by atoms with Gasteiger partial charge in [-0.15, -0.1) is 0 Å². The summed E-state index contributed by atoms with van der Waals surface area (Å²) >= 11 is 0. The predicted octanol–water partition coefficient (Wildman–Crippen LogP) is 2.07. The molecule has 2 aromatic heterocycles. The number of hydrogen-bond donors (Lipinski definition) is 2. The lowest BCUT2D eigenvalue weighted by Crippen LogP contribution is -2.27. The third-order valence-electron chi connectivity index (χ3n) is 4.05. The van der Waals surface area contributed by atoms with Crippen LogP contribution in [0.2, 0.25) is 0 Å². The zero-order chi connectivity index (χ0) is 19.4. The molecule has 140 valence electrons. The summed E-state index contributed by atoms with van der Waals surface area (Å²) in [6.45, 7) is 2.63. The number of likely N-dealkylation sites (N-methyl/N-ethyl adjacent to an activating group) is 1. The first-order valence-corrected chi connectivity index (χ1v) is 8.69. The Morgan fingerprint density at radius 3 is 2.67 bits per heavy atom. The zero-order valence-corrected chi connectivity index (χ0v) is 15.7. The largest absolute Gasteiger partial charge is 0.347 e. The standard InChI is InChI=1S/C20H23N5O2/c1-14-6-4-9-18-23-17(12-25(14)18)20(27)21-11-15-7-5-8-16(10-15)22-19(26)13-24(2)3/h4-10,12H,11,13H2,1-3H3,(H,21,27)(H,22,26). The van der Waals surface area contributed by atoms with E-state index in [-0.39, 0.29) is 11.8 Å². The van der Waals surface area contributed by atoms with E-state index in [1.165, 1.54) is 0 Å². The highest BCUT2D eigenvalue weighted by molar-refractivity contribution is 5.93. The lowest BCUT2D eigenvalue weighted by atomic mass is 10.2. The first-order chi connectivity index (χ1) is 12.9. The van der Waals surface area contributed by atoms with Gasteiger partial charge in [-0.2, -0.15) is 0 Å². The van der Waals surface area contributed by atoms with Gasteiger partial charge in [0.25, 0.3) is 5.91 Å². The summed E-state index contributed by atoms with van der Waals surface area (Å²) in [6, 6.07) is 13.2. The number of amides is 2. The fourth-order valence-electron chi connectivity index (χ4n) is 2.78. The predicted molar refractivity (Wildman–Crippen MR) is 105 cm³/mol. The molecular formula is C20H23N5O2. The van der Waals surface area contributed by atoms with Crippen LogP contribution < -0.4 is 10.6 Å². The van der Waals surface area contributed by atoms with Crippen LogP contribution in [0.3, 0.4) is 0 Å². The fourth-order valence-corrected chi connectivity index (χ4v) is 2.78. The number of fused-ring (bicyclic) bond motifs is 1. The molecule has 1 aromatic carbocycles. The Morgan fingerprint density at radius 1 is 1.15 bits per heavy atom. The van der Waals surface area contributed by atoms with Gasteiger partial charge in [0.2, 0.25) is 5.91 Å². The van der Waals surface area contributed by atoms with E-state index in [1.807, 2.05) is 67.9 Å². The lowest BCUT2D eigenvalue weighted by Gasteiger charge is -2.11. The van der Waals surface area contributed by atoms with Gasteiger partial charge < -0.3 is 19.9 Å². The van der Waals surface area contributed by atoms with Gasteiger partial charge in [0.05, 0.1) is 6.54 Å². The molecule has 3 rings (SSSR count). The smallest absolute Gasteiger partial charge is 0.271 e. The van der Waals surface area contributed by atoms with E-state index < -0.39 is 0 Å². The third-order valence-corrected chi connectivity index (χ3v) is 4.05. The van der Waals surface area contributed by atoms with Crippen LogP contribution in [0.5, 0.6) is 0 Å². The van der Waals surface area contributed by atoms with Gasteiger partial charge >= 0.3 is 0 Å². The highest BCUT2D eigenvalue weighted by atomic mass is 16.2. The second-order valence-electron chi connectivity index (χ2n) is 6.69. The molecular weight excluding hydrogens is 342 g/mol. The number of nitrogens with one attached hydrogen (secondary N) is 2. The van der Waals surface area contributed by atoms with E-state index in [0.29, 0.717) is 24.5 Å². The van der Waals surface area contributed by atoms with Gasteiger partial charge in [-0.05, 0) is 50.8 Å². The van der Waals surface area contributed by atoms with Crippen LogP contribution in [0.25, 0.3) is 5.65 Å². The average molecular weight is 365 g/mol. The molecule has 7 heteroatoms. The number of anilines is 1. The number of rotatable bonds is 6. The van der Waals surface area contributed by atoms with Crippen LogP contribution in [0.15, 0.2) is 48.7 Å². The first kappa shape index (κ1) is 18.6. The molecule has 27 heavy (non-hydrogen) atoms. The third kappa shape index (κ3) is 4.71. The van der Waals surface area contributed by atoms with E-state index >= 15 is 0 Å². The van der Waals surface area contributed by atoms with Gasteiger partial charge in [0.15, 0.2) is 0 Å². The van der Waals surface area contributed by atoms with Crippen molar-refractivity contribution in [2.24, 2.45) is 0 Å². The molecule has 2 N–H and O–H groups in total. The van der Waals surface area contributed by atoms with Crippen molar-refractivity contribution in [2.75, 3.05) is 26.0 Å². The normalized spacial score (nSPS) is 11.0. The lowest BCUT2D eigenvalue weighted by molar-refractivity contribution is -0.116. The van der Waals surface area contributed by atoms with Crippen LogP contribution in [0, 0.1) is 6.92 Å². The van der Waals surface area contributed by atoms with E-state index in [0.717, 1.165) is 16.9 Å². The van der Waals surface area contributed by atoms with Crippen LogP contribution >= 0.6 is 0 Å². The Labute approximate surface area is 158 Å². The van der Waals surface area contributed by atoms with Crippen LogP contribution in [0.1, 0.15) is 21.7 Å². The number of nitrogens with zero attached hydrogens (tertiary/aromatic N) is 3. The van der Waals surface area contributed by atoms with Crippen LogP contribution in [0.4, 0.5) is 5.69 Å². The van der Waals surface area contributed by atoms with Crippen molar-refractivity contribution >= 4 is 23.1 Å². The van der Waals surface area contributed by atoms with Gasteiger partial charge in [-0.3, -0.25) is 9.59 Å². The van der Waals surface area contributed by atoms with Gasteiger partial charge in [-0.25, -0.2) is 4.98 Å². The van der Waals surface area contributed by atoms with Gasteiger partial charge in [0, 0.05) is 24.1 Å². The Kier molecular flexibility index (Phi) is 5.52.